The SMILES string of the molecule is CO[SiH2]C1(C)CCCCN1. The van der Waals surface area contributed by atoms with Gasteiger partial charge in [-0.15, -0.1) is 0 Å². The van der Waals surface area contributed by atoms with E-state index in [4.69, 9.17) is 4.43 Å². The first-order chi connectivity index (χ1) is 4.77. The van der Waals surface area contributed by atoms with E-state index in [0.29, 0.717) is 5.16 Å². The van der Waals surface area contributed by atoms with Gasteiger partial charge in [0.05, 0.1) is 0 Å². The van der Waals surface area contributed by atoms with Gasteiger partial charge in [0.2, 0.25) is 0 Å². The third kappa shape index (κ3) is 2.07. The van der Waals surface area contributed by atoms with Crippen molar-refractivity contribution in [2.75, 3.05) is 13.7 Å². The van der Waals surface area contributed by atoms with Crippen LogP contribution in [0.15, 0.2) is 0 Å². The van der Waals surface area contributed by atoms with Crippen molar-refractivity contribution in [3.05, 3.63) is 0 Å². The van der Waals surface area contributed by atoms with E-state index in [-0.39, 0.29) is 9.76 Å². The molecule has 2 nitrogen and oxygen atoms in total. The molecule has 10 heavy (non-hydrogen) atoms. The molecule has 1 unspecified atom stereocenters. The molecule has 0 radical (unpaired) electrons. The van der Waals surface area contributed by atoms with Gasteiger partial charge in [0.25, 0.3) is 0 Å². The first-order valence-corrected chi connectivity index (χ1v) is 5.29. The molecule has 0 aromatic rings. The zero-order valence-corrected chi connectivity index (χ0v) is 8.36. The molecule has 1 aliphatic rings. The van der Waals surface area contributed by atoms with Crippen molar-refractivity contribution in [1.29, 1.82) is 0 Å². The smallest absolute Gasteiger partial charge is 0.180 e. The van der Waals surface area contributed by atoms with Crippen molar-refractivity contribution in [2.24, 2.45) is 0 Å². The van der Waals surface area contributed by atoms with Gasteiger partial charge in [-0.25, -0.2) is 0 Å². The van der Waals surface area contributed by atoms with Crippen molar-refractivity contribution in [2.45, 2.75) is 31.3 Å². The minimum atomic E-state index is -0.332. The Bertz CT molecular complexity index is 96.3. The van der Waals surface area contributed by atoms with Crippen LogP contribution in [0.3, 0.4) is 0 Å². The lowest BCUT2D eigenvalue weighted by atomic mass is 10.1. The van der Waals surface area contributed by atoms with E-state index in [1.54, 1.807) is 0 Å². The summed E-state index contributed by atoms with van der Waals surface area (Å²) in [5.41, 5.74) is 0. The first kappa shape index (κ1) is 8.24. The molecule has 1 atom stereocenters. The topological polar surface area (TPSA) is 21.3 Å². The second-order valence-corrected chi connectivity index (χ2v) is 5.80. The van der Waals surface area contributed by atoms with Gasteiger partial charge in [-0.05, 0) is 26.3 Å². The summed E-state index contributed by atoms with van der Waals surface area (Å²) in [7, 11) is 1.50. The van der Waals surface area contributed by atoms with Crippen LogP contribution < -0.4 is 5.32 Å². The van der Waals surface area contributed by atoms with Crippen LogP contribution in [-0.4, -0.2) is 28.6 Å². The molecule has 0 aromatic heterocycles. The molecule has 1 N–H and O–H groups in total. The molecule has 0 saturated carbocycles. The molecule has 0 aromatic carbocycles. The molecule has 0 amide bonds. The minimum absolute atomic E-state index is 0.332. The molecule has 1 rings (SSSR count). The first-order valence-electron chi connectivity index (χ1n) is 4.01. The fourth-order valence-corrected chi connectivity index (χ4v) is 2.87. The van der Waals surface area contributed by atoms with Gasteiger partial charge in [-0.1, -0.05) is 6.42 Å². The monoisotopic (exact) mass is 159 g/mol. The molecule has 1 saturated heterocycles. The molecule has 1 aliphatic heterocycles. The van der Waals surface area contributed by atoms with E-state index in [9.17, 15) is 0 Å². The van der Waals surface area contributed by atoms with Gasteiger partial charge in [0, 0.05) is 12.3 Å². The van der Waals surface area contributed by atoms with Crippen LogP contribution >= 0.6 is 0 Å². The zero-order valence-electron chi connectivity index (χ0n) is 6.94. The van der Waals surface area contributed by atoms with Crippen molar-refractivity contribution in [3.8, 4) is 0 Å². The largest absolute Gasteiger partial charge is 0.425 e. The van der Waals surface area contributed by atoms with E-state index in [1.165, 1.54) is 25.8 Å². The highest BCUT2D eigenvalue weighted by Crippen LogP contribution is 2.16. The lowest BCUT2D eigenvalue weighted by Gasteiger charge is -2.33. The third-order valence-corrected chi connectivity index (χ3v) is 3.70. The van der Waals surface area contributed by atoms with E-state index in [1.807, 2.05) is 7.11 Å². The summed E-state index contributed by atoms with van der Waals surface area (Å²) in [5, 5.41) is 3.93. The fourth-order valence-electron chi connectivity index (χ4n) is 1.56. The Morgan fingerprint density at radius 2 is 2.30 bits per heavy atom. The van der Waals surface area contributed by atoms with E-state index < -0.39 is 0 Å². The summed E-state index contributed by atoms with van der Waals surface area (Å²) in [5.74, 6) is 0. The summed E-state index contributed by atoms with van der Waals surface area (Å²) >= 11 is 0. The van der Waals surface area contributed by atoms with Gasteiger partial charge >= 0.3 is 0 Å². The van der Waals surface area contributed by atoms with Crippen LogP contribution in [0.2, 0.25) is 0 Å². The van der Waals surface area contributed by atoms with E-state index >= 15 is 0 Å². The highest BCUT2D eigenvalue weighted by Gasteiger charge is 2.26. The standard InChI is InChI=1S/C7H17NOSi/c1-7(10-9-2)5-3-4-6-8-7/h8H,3-6,10H2,1-2H3. The summed E-state index contributed by atoms with van der Waals surface area (Å²) < 4.78 is 5.26. The molecule has 0 spiro atoms. The Balaban J connectivity index is 2.32. The molecule has 0 bridgehead atoms. The zero-order chi connectivity index (χ0) is 7.45. The van der Waals surface area contributed by atoms with Crippen LogP contribution in [0, 0.1) is 0 Å². The second-order valence-electron chi connectivity index (χ2n) is 3.38. The quantitative estimate of drug-likeness (QED) is 0.581. The van der Waals surface area contributed by atoms with Crippen molar-refractivity contribution in [1.82, 2.24) is 5.32 Å². The van der Waals surface area contributed by atoms with Crippen LogP contribution in [0.25, 0.3) is 0 Å². The third-order valence-electron chi connectivity index (χ3n) is 2.17. The summed E-state index contributed by atoms with van der Waals surface area (Å²) in [6, 6.07) is 0. The number of rotatable bonds is 2. The van der Waals surface area contributed by atoms with Gasteiger partial charge < -0.3 is 9.74 Å². The maximum atomic E-state index is 5.26. The molecule has 1 fully saturated rings. The molecule has 1 heterocycles. The van der Waals surface area contributed by atoms with Gasteiger partial charge in [-0.2, -0.15) is 0 Å². The summed E-state index contributed by atoms with van der Waals surface area (Å²) in [4.78, 5) is 0. The lowest BCUT2D eigenvalue weighted by Crippen LogP contribution is -2.51. The van der Waals surface area contributed by atoms with Crippen molar-refractivity contribution >= 4 is 9.76 Å². The molecular formula is C7H17NOSi. The van der Waals surface area contributed by atoms with Gasteiger partial charge in [-0.3, -0.25) is 0 Å². The lowest BCUT2D eigenvalue weighted by molar-refractivity contribution is 0.324. The number of piperidine rings is 1. The summed E-state index contributed by atoms with van der Waals surface area (Å²) in [6.45, 7) is 3.48. The van der Waals surface area contributed by atoms with E-state index in [0.717, 1.165) is 0 Å². The van der Waals surface area contributed by atoms with Crippen LogP contribution in [0.1, 0.15) is 26.2 Å². The van der Waals surface area contributed by atoms with Crippen LogP contribution in [-0.2, 0) is 4.43 Å². The van der Waals surface area contributed by atoms with E-state index in [2.05, 4.69) is 12.2 Å². The molecule has 0 aliphatic carbocycles. The maximum absolute atomic E-state index is 5.26. The second kappa shape index (κ2) is 3.51. The molecule has 3 heteroatoms. The van der Waals surface area contributed by atoms with Gasteiger partial charge in [0.1, 0.15) is 0 Å². The fraction of sp³-hybridized carbons (Fsp3) is 1.00. The summed E-state index contributed by atoms with van der Waals surface area (Å²) in [6.07, 6.45) is 4.03. The highest BCUT2D eigenvalue weighted by atomic mass is 28.2. The highest BCUT2D eigenvalue weighted by molar-refractivity contribution is 6.32. The number of hydrogen-bond donors (Lipinski definition) is 1. The average molecular weight is 159 g/mol. The predicted molar refractivity (Wildman–Crippen MR) is 45.8 cm³/mol. The minimum Gasteiger partial charge on any atom is -0.425 e. The number of nitrogens with one attached hydrogen (secondary N) is 1. The van der Waals surface area contributed by atoms with Crippen LogP contribution in [0.5, 0.6) is 0 Å². The average Bonchev–Trinajstić information content (AvgIpc) is 1.89. The van der Waals surface area contributed by atoms with Crippen molar-refractivity contribution in [3.63, 3.8) is 0 Å². The van der Waals surface area contributed by atoms with Gasteiger partial charge in [0.15, 0.2) is 9.76 Å². The Morgan fingerprint density at radius 3 is 2.80 bits per heavy atom. The Morgan fingerprint density at radius 1 is 1.50 bits per heavy atom. The van der Waals surface area contributed by atoms with Crippen molar-refractivity contribution < 1.29 is 4.43 Å². The molecule has 60 valence electrons. The normalized spacial score (nSPS) is 35.4. The maximum Gasteiger partial charge on any atom is 0.180 e. The Labute approximate surface area is 65.3 Å². The predicted octanol–water partition coefficient (Wildman–Crippen LogP) is 0.206. The van der Waals surface area contributed by atoms with Crippen LogP contribution in [0.4, 0.5) is 0 Å². The Kier molecular flexibility index (Phi) is 2.89. The molecular weight excluding hydrogens is 142 g/mol. The Hall–Kier alpha value is 0.137. The number of hydrogen-bond acceptors (Lipinski definition) is 2.